The first kappa shape index (κ1) is 12.5. The van der Waals surface area contributed by atoms with Crippen molar-refractivity contribution in [1.82, 2.24) is 9.88 Å². The van der Waals surface area contributed by atoms with Gasteiger partial charge >= 0.3 is 0 Å². The van der Waals surface area contributed by atoms with Gasteiger partial charge in [0.15, 0.2) is 5.13 Å². The Morgan fingerprint density at radius 1 is 1.71 bits per heavy atom. The van der Waals surface area contributed by atoms with E-state index in [9.17, 15) is 4.79 Å². The Balaban J connectivity index is 1.83. The van der Waals surface area contributed by atoms with Crippen molar-refractivity contribution < 1.29 is 9.90 Å². The predicted molar refractivity (Wildman–Crippen MR) is 67.2 cm³/mol. The van der Waals surface area contributed by atoms with E-state index in [2.05, 4.69) is 10.3 Å². The molecule has 2 rings (SSSR count). The zero-order valence-electron chi connectivity index (χ0n) is 9.85. The number of nitrogens with zero attached hydrogens (tertiary/aromatic N) is 2. The molecule has 0 radical (unpaired) electrons. The van der Waals surface area contributed by atoms with E-state index in [-0.39, 0.29) is 12.5 Å². The monoisotopic (exact) mass is 255 g/mol. The minimum atomic E-state index is -0.0558. The number of anilines is 1. The molecule has 1 aromatic heterocycles. The van der Waals surface area contributed by atoms with Crippen LogP contribution in [0.15, 0.2) is 5.38 Å². The van der Waals surface area contributed by atoms with Crippen LogP contribution in [0.3, 0.4) is 0 Å². The zero-order valence-corrected chi connectivity index (χ0v) is 10.7. The summed E-state index contributed by atoms with van der Waals surface area (Å²) >= 11 is 1.43. The Bertz CT molecular complexity index is 390. The van der Waals surface area contributed by atoms with Crippen molar-refractivity contribution in [2.24, 2.45) is 0 Å². The summed E-state index contributed by atoms with van der Waals surface area (Å²) in [5, 5.41) is 14.3. The lowest BCUT2D eigenvalue weighted by Gasteiger charge is -2.19. The van der Waals surface area contributed by atoms with E-state index in [4.69, 9.17) is 5.11 Å². The normalized spacial score (nSPS) is 15.2. The summed E-state index contributed by atoms with van der Waals surface area (Å²) < 4.78 is 0. The summed E-state index contributed by atoms with van der Waals surface area (Å²) in [5.74, 6) is -0.0558. The molecule has 1 heterocycles. The fraction of sp³-hybridized carbons (Fsp3) is 0.636. The lowest BCUT2D eigenvalue weighted by atomic mass is 10.4. The van der Waals surface area contributed by atoms with Crippen LogP contribution in [0, 0.1) is 6.92 Å². The number of rotatable bonds is 6. The van der Waals surface area contributed by atoms with Crippen molar-refractivity contribution >= 4 is 22.4 Å². The predicted octanol–water partition coefficient (Wildman–Crippen LogP) is 0.847. The van der Waals surface area contributed by atoms with Gasteiger partial charge in [0.1, 0.15) is 0 Å². The number of aliphatic hydroxyl groups excluding tert-OH is 1. The number of amides is 1. The van der Waals surface area contributed by atoms with Gasteiger partial charge in [-0.15, -0.1) is 11.3 Å². The van der Waals surface area contributed by atoms with Crippen LogP contribution in [-0.4, -0.2) is 46.6 Å². The van der Waals surface area contributed by atoms with Crippen LogP contribution in [0.25, 0.3) is 0 Å². The van der Waals surface area contributed by atoms with Crippen LogP contribution < -0.4 is 5.32 Å². The second kappa shape index (κ2) is 5.57. The summed E-state index contributed by atoms with van der Waals surface area (Å²) in [5.41, 5.74) is 0.916. The Labute approximate surface area is 104 Å². The minimum absolute atomic E-state index is 0.0558. The summed E-state index contributed by atoms with van der Waals surface area (Å²) in [6.07, 6.45) is 2.26. The van der Waals surface area contributed by atoms with E-state index in [0.717, 1.165) is 18.5 Å². The van der Waals surface area contributed by atoms with Gasteiger partial charge in [0.05, 0.1) is 18.8 Å². The topological polar surface area (TPSA) is 65.5 Å². The number of hydrogen-bond donors (Lipinski definition) is 2. The van der Waals surface area contributed by atoms with E-state index in [0.29, 0.717) is 24.3 Å². The Hall–Kier alpha value is -0.980. The molecular weight excluding hydrogens is 238 g/mol. The molecule has 1 aromatic rings. The fourth-order valence-electron chi connectivity index (χ4n) is 1.71. The molecule has 0 bridgehead atoms. The number of carbonyl (C=O) groups excluding carboxylic acids is 1. The van der Waals surface area contributed by atoms with Crippen LogP contribution in [0.5, 0.6) is 0 Å². The van der Waals surface area contributed by atoms with Gasteiger partial charge in [-0.1, -0.05) is 0 Å². The molecule has 1 aliphatic carbocycles. The number of aromatic nitrogens is 1. The largest absolute Gasteiger partial charge is 0.395 e. The summed E-state index contributed by atoms with van der Waals surface area (Å²) in [7, 11) is 0. The van der Waals surface area contributed by atoms with Gasteiger partial charge in [-0.05, 0) is 19.8 Å². The Morgan fingerprint density at radius 3 is 3.00 bits per heavy atom. The molecule has 1 aliphatic rings. The third-order valence-corrected chi connectivity index (χ3v) is 3.54. The van der Waals surface area contributed by atoms with Gasteiger partial charge in [-0.25, -0.2) is 4.98 Å². The summed E-state index contributed by atoms with van der Waals surface area (Å²) in [6, 6.07) is 0.478. The molecular formula is C11H17N3O2S. The van der Waals surface area contributed by atoms with E-state index < -0.39 is 0 Å². The number of aliphatic hydroxyl groups is 1. The molecule has 94 valence electrons. The Kier molecular flexibility index (Phi) is 4.09. The van der Waals surface area contributed by atoms with Crippen LogP contribution >= 0.6 is 11.3 Å². The average molecular weight is 255 g/mol. The molecule has 0 aromatic carbocycles. The highest BCUT2D eigenvalue weighted by Gasteiger charge is 2.29. The number of nitrogens with one attached hydrogen (secondary N) is 1. The average Bonchev–Trinajstić information content (AvgIpc) is 3.03. The zero-order chi connectivity index (χ0) is 12.3. The lowest BCUT2D eigenvalue weighted by Crippen LogP contribution is -2.36. The van der Waals surface area contributed by atoms with Crippen molar-refractivity contribution in [1.29, 1.82) is 0 Å². The lowest BCUT2D eigenvalue weighted by molar-refractivity contribution is -0.117. The van der Waals surface area contributed by atoms with Crippen LogP contribution in [0.1, 0.15) is 18.5 Å². The molecule has 1 fully saturated rings. The number of thiazole rings is 1. The number of hydrogen-bond acceptors (Lipinski definition) is 5. The molecule has 1 amide bonds. The van der Waals surface area contributed by atoms with E-state index >= 15 is 0 Å². The first-order valence-corrected chi connectivity index (χ1v) is 6.64. The maximum absolute atomic E-state index is 11.8. The molecule has 0 aliphatic heterocycles. The minimum Gasteiger partial charge on any atom is -0.395 e. The van der Waals surface area contributed by atoms with Crippen molar-refractivity contribution in [3.8, 4) is 0 Å². The van der Waals surface area contributed by atoms with Crippen LogP contribution in [-0.2, 0) is 4.79 Å². The van der Waals surface area contributed by atoms with E-state index in [1.165, 1.54) is 11.3 Å². The second-order valence-electron chi connectivity index (χ2n) is 4.27. The van der Waals surface area contributed by atoms with Crippen molar-refractivity contribution in [2.75, 3.05) is 25.0 Å². The third kappa shape index (κ3) is 3.76. The highest BCUT2D eigenvalue weighted by Crippen LogP contribution is 2.26. The van der Waals surface area contributed by atoms with E-state index in [1.54, 1.807) is 0 Å². The standard InChI is InChI=1S/C11H17N3O2S/c1-8-7-17-11(12-8)13-10(16)6-14(4-5-15)9-2-3-9/h7,9,15H,2-6H2,1H3,(H,12,13,16). The summed E-state index contributed by atoms with van der Waals surface area (Å²) in [4.78, 5) is 18.0. The summed E-state index contributed by atoms with van der Waals surface area (Å²) in [6.45, 7) is 2.90. The quantitative estimate of drug-likeness (QED) is 0.791. The molecule has 0 unspecified atom stereocenters. The third-order valence-electron chi connectivity index (χ3n) is 2.66. The van der Waals surface area contributed by atoms with Gasteiger partial charge in [0, 0.05) is 18.0 Å². The Morgan fingerprint density at radius 2 is 2.47 bits per heavy atom. The molecule has 0 atom stereocenters. The van der Waals surface area contributed by atoms with Gasteiger partial charge in [0.25, 0.3) is 0 Å². The smallest absolute Gasteiger partial charge is 0.240 e. The van der Waals surface area contributed by atoms with Gasteiger partial charge in [0.2, 0.25) is 5.91 Å². The first-order chi connectivity index (χ1) is 8.19. The molecule has 17 heavy (non-hydrogen) atoms. The molecule has 5 nitrogen and oxygen atoms in total. The highest BCUT2D eigenvalue weighted by atomic mass is 32.1. The number of carbonyl (C=O) groups is 1. The SMILES string of the molecule is Cc1csc(NC(=O)CN(CCO)C2CC2)n1. The molecule has 1 saturated carbocycles. The number of aryl methyl sites for hydroxylation is 1. The molecule has 6 heteroatoms. The van der Waals surface area contributed by atoms with Gasteiger partial charge in [-0.2, -0.15) is 0 Å². The van der Waals surface area contributed by atoms with Crippen LogP contribution in [0.2, 0.25) is 0 Å². The highest BCUT2D eigenvalue weighted by molar-refractivity contribution is 7.13. The first-order valence-electron chi connectivity index (χ1n) is 5.76. The molecule has 0 spiro atoms. The second-order valence-corrected chi connectivity index (χ2v) is 5.13. The fourth-order valence-corrected chi connectivity index (χ4v) is 2.42. The maximum Gasteiger partial charge on any atom is 0.240 e. The van der Waals surface area contributed by atoms with Crippen molar-refractivity contribution in [3.63, 3.8) is 0 Å². The maximum atomic E-state index is 11.8. The van der Waals surface area contributed by atoms with Gasteiger partial charge in [-0.3, -0.25) is 9.69 Å². The van der Waals surface area contributed by atoms with E-state index in [1.807, 2.05) is 17.2 Å². The molecule has 2 N–H and O–H groups in total. The molecule has 0 saturated heterocycles. The van der Waals surface area contributed by atoms with Crippen LogP contribution in [0.4, 0.5) is 5.13 Å². The van der Waals surface area contributed by atoms with Crippen molar-refractivity contribution in [2.45, 2.75) is 25.8 Å². The van der Waals surface area contributed by atoms with Crippen molar-refractivity contribution in [3.05, 3.63) is 11.1 Å². The van der Waals surface area contributed by atoms with Gasteiger partial charge < -0.3 is 10.4 Å².